The molecule has 0 heterocycles. The lowest BCUT2D eigenvalue weighted by Gasteiger charge is -2.09. The Balaban J connectivity index is 1.96. The summed E-state index contributed by atoms with van der Waals surface area (Å²) in [6.45, 7) is 6.16. The summed E-state index contributed by atoms with van der Waals surface area (Å²) in [6, 6.07) is 14.2. The van der Waals surface area contributed by atoms with Crippen LogP contribution in [0.5, 0.6) is 0 Å². The van der Waals surface area contributed by atoms with Crippen LogP contribution in [0.15, 0.2) is 47.6 Å². The van der Waals surface area contributed by atoms with Crippen molar-refractivity contribution in [2.45, 2.75) is 20.8 Å². The zero-order chi connectivity index (χ0) is 15.2. The van der Waals surface area contributed by atoms with Crippen LogP contribution in [0.3, 0.4) is 0 Å². The van der Waals surface area contributed by atoms with Crippen molar-refractivity contribution in [1.29, 1.82) is 0 Å². The average Bonchev–Trinajstić information content (AvgIpc) is 2.45. The number of para-hydroxylation sites is 1. The molecule has 0 atom stereocenters. The van der Waals surface area contributed by atoms with E-state index in [1.54, 1.807) is 6.21 Å². The Morgan fingerprint density at radius 3 is 2.57 bits per heavy atom. The van der Waals surface area contributed by atoms with E-state index in [2.05, 4.69) is 47.9 Å². The SMILES string of the molecule is Cc1ccc(C)c(/C=N\NC(=S)Nc2ccccc2C)c1. The standard InChI is InChI=1S/C17H19N3S/c1-12-8-9-13(2)15(10-12)11-18-20-17(21)19-16-7-5-4-6-14(16)3/h4-11H,1-3H3,(H2,19,20,21)/b18-11-. The van der Waals surface area contributed by atoms with Gasteiger partial charge in [0.1, 0.15) is 0 Å². The van der Waals surface area contributed by atoms with Crippen molar-refractivity contribution in [3.63, 3.8) is 0 Å². The molecule has 108 valence electrons. The van der Waals surface area contributed by atoms with Crippen LogP contribution in [-0.4, -0.2) is 11.3 Å². The largest absolute Gasteiger partial charge is 0.331 e. The Labute approximate surface area is 131 Å². The first-order chi connectivity index (χ1) is 10.1. The molecule has 0 aliphatic heterocycles. The summed E-state index contributed by atoms with van der Waals surface area (Å²) in [4.78, 5) is 0. The highest BCUT2D eigenvalue weighted by molar-refractivity contribution is 7.80. The Bertz CT molecular complexity index is 677. The van der Waals surface area contributed by atoms with Crippen molar-refractivity contribution >= 4 is 29.2 Å². The fourth-order valence-corrected chi connectivity index (χ4v) is 2.09. The molecular weight excluding hydrogens is 278 g/mol. The maximum atomic E-state index is 5.23. The number of nitrogens with zero attached hydrogens (tertiary/aromatic N) is 1. The van der Waals surface area contributed by atoms with Crippen LogP contribution in [0.25, 0.3) is 0 Å². The maximum absolute atomic E-state index is 5.23. The van der Waals surface area contributed by atoms with E-state index in [0.29, 0.717) is 5.11 Å². The number of hydrogen-bond donors (Lipinski definition) is 2. The molecule has 2 rings (SSSR count). The van der Waals surface area contributed by atoms with E-state index in [4.69, 9.17) is 12.2 Å². The highest BCUT2D eigenvalue weighted by Crippen LogP contribution is 2.12. The molecule has 3 nitrogen and oxygen atoms in total. The summed E-state index contributed by atoms with van der Waals surface area (Å²) in [6.07, 6.45) is 1.79. The first kappa shape index (κ1) is 15.2. The van der Waals surface area contributed by atoms with E-state index in [1.807, 2.05) is 31.2 Å². The lowest BCUT2D eigenvalue weighted by atomic mass is 10.1. The molecule has 0 aliphatic carbocycles. The van der Waals surface area contributed by atoms with Gasteiger partial charge in [0.05, 0.1) is 6.21 Å². The summed E-state index contributed by atoms with van der Waals surface area (Å²) in [5, 5.41) is 7.80. The number of rotatable bonds is 3. The highest BCUT2D eigenvalue weighted by Gasteiger charge is 1.99. The van der Waals surface area contributed by atoms with Crippen LogP contribution in [-0.2, 0) is 0 Å². The minimum absolute atomic E-state index is 0.478. The average molecular weight is 297 g/mol. The van der Waals surface area contributed by atoms with E-state index in [-0.39, 0.29) is 0 Å². The van der Waals surface area contributed by atoms with E-state index in [1.165, 1.54) is 11.1 Å². The van der Waals surface area contributed by atoms with Crippen molar-refractivity contribution in [2.75, 3.05) is 5.32 Å². The van der Waals surface area contributed by atoms with E-state index >= 15 is 0 Å². The van der Waals surface area contributed by atoms with Gasteiger partial charge >= 0.3 is 0 Å². The molecule has 4 heteroatoms. The molecule has 0 saturated heterocycles. The van der Waals surface area contributed by atoms with Gasteiger partial charge in [-0.2, -0.15) is 5.10 Å². The number of nitrogens with one attached hydrogen (secondary N) is 2. The molecule has 2 aromatic carbocycles. The van der Waals surface area contributed by atoms with Crippen LogP contribution in [0.1, 0.15) is 22.3 Å². The van der Waals surface area contributed by atoms with E-state index in [0.717, 1.165) is 16.8 Å². The number of anilines is 1. The van der Waals surface area contributed by atoms with Gasteiger partial charge in [0.15, 0.2) is 5.11 Å². The van der Waals surface area contributed by atoms with E-state index < -0.39 is 0 Å². The second-order valence-corrected chi connectivity index (χ2v) is 5.41. The predicted octanol–water partition coefficient (Wildman–Crippen LogP) is 3.93. The molecule has 0 fully saturated rings. The molecule has 0 aliphatic rings. The van der Waals surface area contributed by atoms with Crippen LogP contribution in [0.2, 0.25) is 0 Å². The van der Waals surface area contributed by atoms with Crippen LogP contribution >= 0.6 is 12.2 Å². The van der Waals surface area contributed by atoms with Crippen LogP contribution < -0.4 is 10.7 Å². The number of hydrogen-bond acceptors (Lipinski definition) is 2. The zero-order valence-electron chi connectivity index (χ0n) is 12.5. The molecular formula is C17H19N3S. The third-order valence-corrected chi connectivity index (χ3v) is 3.39. The lowest BCUT2D eigenvalue weighted by molar-refractivity contribution is 1.05. The number of hydrazone groups is 1. The molecule has 0 aromatic heterocycles. The molecule has 0 radical (unpaired) electrons. The van der Waals surface area contributed by atoms with Gasteiger partial charge in [-0.15, -0.1) is 0 Å². The smallest absolute Gasteiger partial charge is 0.191 e. The van der Waals surface area contributed by atoms with Gasteiger partial charge in [-0.05, 0) is 55.7 Å². The van der Waals surface area contributed by atoms with Crippen LogP contribution in [0.4, 0.5) is 5.69 Å². The van der Waals surface area contributed by atoms with Gasteiger partial charge in [0, 0.05) is 5.69 Å². The van der Waals surface area contributed by atoms with E-state index in [9.17, 15) is 0 Å². The lowest BCUT2D eigenvalue weighted by Crippen LogP contribution is -2.24. The number of benzene rings is 2. The number of thiocarbonyl (C=S) groups is 1. The monoisotopic (exact) mass is 297 g/mol. The minimum Gasteiger partial charge on any atom is -0.331 e. The predicted molar refractivity (Wildman–Crippen MR) is 94.0 cm³/mol. The first-order valence-electron chi connectivity index (χ1n) is 6.79. The van der Waals surface area contributed by atoms with Crippen molar-refractivity contribution < 1.29 is 0 Å². The summed E-state index contributed by atoms with van der Waals surface area (Å²) >= 11 is 5.23. The topological polar surface area (TPSA) is 36.4 Å². The fourth-order valence-electron chi connectivity index (χ4n) is 1.92. The highest BCUT2D eigenvalue weighted by atomic mass is 32.1. The van der Waals surface area contributed by atoms with Gasteiger partial charge in [-0.3, -0.25) is 5.43 Å². The second kappa shape index (κ2) is 6.99. The van der Waals surface area contributed by atoms with Gasteiger partial charge in [-0.1, -0.05) is 42.0 Å². The van der Waals surface area contributed by atoms with Gasteiger partial charge in [-0.25, -0.2) is 0 Å². The Morgan fingerprint density at radius 2 is 1.81 bits per heavy atom. The molecule has 0 spiro atoms. The quantitative estimate of drug-likeness (QED) is 0.512. The van der Waals surface area contributed by atoms with Gasteiger partial charge in [0.25, 0.3) is 0 Å². The molecule has 0 unspecified atom stereocenters. The molecule has 21 heavy (non-hydrogen) atoms. The molecule has 2 N–H and O–H groups in total. The summed E-state index contributed by atoms with van der Waals surface area (Å²) in [5.41, 5.74) is 8.45. The summed E-state index contributed by atoms with van der Waals surface area (Å²) < 4.78 is 0. The van der Waals surface area contributed by atoms with Crippen molar-refractivity contribution in [3.8, 4) is 0 Å². The van der Waals surface area contributed by atoms with Gasteiger partial charge < -0.3 is 5.32 Å². The minimum atomic E-state index is 0.478. The zero-order valence-corrected chi connectivity index (χ0v) is 13.3. The fraction of sp³-hybridized carbons (Fsp3) is 0.176. The summed E-state index contributed by atoms with van der Waals surface area (Å²) in [7, 11) is 0. The normalized spacial score (nSPS) is 10.6. The van der Waals surface area contributed by atoms with Crippen molar-refractivity contribution in [2.24, 2.45) is 5.10 Å². The third kappa shape index (κ3) is 4.39. The Kier molecular flexibility index (Phi) is 5.06. The first-order valence-corrected chi connectivity index (χ1v) is 7.20. The van der Waals surface area contributed by atoms with Crippen molar-refractivity contribution in [1.82, 2.24) is 5.43 Å². The third-order valence-electron chi connectivity index (χ3n) is 3.20. The molecule has 0 bridgehead atoms. The Hall–Kier alpha value is -2.20. The maximum Gasteiger partial charge on any atom is 0.191 e. The van der Waals surface area contributed by atoms with Crippen molar-refractivity contribution in [3.05, 3.63) is 64.7 Å². The second-order valence-electron chi connectivity index (χ2n) is 5.00. The molecule has 2 aromatic rings. The molecule has 0 amide bonds. The number of aryl methyl sites for hydroxylation is 3. The summed E-state index contributed by atoms with van der Waals surface area (Å²) in [5.74, 6) is 0. The van der Waals surface area contributed by atoms with Gasteiger partial charge in [0.2, 0.25) is 0 Å². The van der Waals surface area contributed by atoms with Crippen LogP contribution in [0, 0.1) is 20.8 Å². The molecule has 0 saturated carbocycles. The Morgan fingerprint density at radius 1 is 1.05 bits per heavy atom.